The molecule has 7 rings (SSSR count). The largest absolute Gasteiger partial charge is 0.459 e. The molecule has 0 unspecified atom stereocenters. The fraction of sp³-hybridized carbons (Fsp3) is 0.788. The molecule has 230 valence electrons. The van der Waals surface area contributed by atoms with E-state index in [1.807, 2.05) is 6.07 Å². The third-order valence-electron chi connectivity index (χ3n) is 12.6. The SMILES string of the molecule is CC(=O)O[C@H]1[C@H]2O[C@]23[C@@H]2CC[C@@H]4C[C@@H](OC(=O)NCCN5CCCC5)CC[C@]4(C)[C@H]2CC[C@]3(C)[C@H]1c1ccc(=O)oc1. The van der Waals surface area contributed by atoms with E-state index in [0.29, 0.717) is 24.3 Å². The predicted octanol–water partition coefficient (Wildman–Crippen LogP) is 4.63. The van der Waals surface area contributed by atoms with Crippen LogP contribution in [0.3, 0.4) is 0 Å². The standard InChI is InChI=1S/C33H46N2O7/c1-20(36)40-28-27(21-6-9-26(37)39-19-21)32(3)13-11-24-25(33(32)29(28)42-33)8-7-22-18-23(10-12-31(22,24)2)41-30(38)34-14-17-35-15-4-5-16-35/h6,9,19,22-25,27-29H,4-5,7-8,10-18H2,1-3H3,(H,34,38)/t22-,23+,24+,25-,27+,28-,29-,31+,32-,33-/m1/s1. The van der Waals surface area contributed by atoms with Crippen molar-refractivity contribution in [3.8, 4) is 0 Å². The first-order valence-corrected chi connectivity index (χ1v) is 16.3. The Hall–Kier alpha value is -2.39. The fourth-order valence-electron chi connectivity index (χ4n) is 10.7. The quantitative estimate of drug-likeness (QED) is 0.382. The maximum Gasteiger partial charge on any atom is 0.407 e. The first-order chi connectivity index (χ1) is 20.2. The molecule has 6 fully saturated rings. The number of carbonyl (C=O) groups is 2. The first kappa shape index (κ1) is 28.4. The van der Waals surface area contributed by atoms with Crippen LogP contribution in [0, 0.1) is 28.6 Å². The first-order valence-electron chi connectivity index (χ1n) is 16.3. The van der Waals surface area contributed by atoms with Crippen molar-refractivity contribution in [2.45, 2.75) is 108 Å². The van der Waals surface area contributed by atoms with Gasteiger partial charge in [0.25, 0.3) is 0 Å². The van der Waals surface area contributed by atoms with Crippen molar-refractivity contribution in [3.63, 3.8) is 0 Å². The molecule has 42 heavy (non-hydrogen) atoms. The van der Waals surface area contributed by atoms with Gasteiger partial charge in [0.15, 0.2) is 0 Å². The number of amides is 1. The van der Waals surface area contributed by atoms with Gasteiger partial charge in [-0.2, -0.15) is 0 Å². The lowest BCUT2D eigenvalue weighted by atomic mass is 9.44. The third-order valence-corrected chi connectivity index (χ3v) is 12.6. The zero-order valence-electron chi connectivity index (χ0n) is 25.3. The van der Waals surface area contributed by atoms with E-state index in [1.165, 1.54) is 25.8 Å². The molecule has 0 bridgehead atoms. The summed E-state index contributed by atoms with van der Waals surface area (Å²) in [5.41, 5.74) is 0.128. The minimum atomic E-state index is -0.391. The van der Waals surface area contributed by atoms with Crippen LogP contribution in [0.25, 0.3) is 0 Å². The molecule has 4 aliphatic carbocycles. The minimum Gasteiger partial charge on any atom is -0.459 e. The molecule has 1 N–H and O–H groups in total. The van der Waals surface area contributed by atoms with Crippen LogP contribution in [0.1, 0.15) is 90.0 Å². The highest BCUT2D eigenvalue weighted by molar-refractivity contribution is 5.67. The Kier molecular flexibility index (Phi) is 7.00. The molecule has 1 amide bonds. The second-order valence-corrected chi connectivity index (χ2v) is 14.5. The molecule has 3 heterocycles. The predicted molar refractivity (Wildman–Crippen MR) is 154 cm³/mol. The Morgan fingerprint density at radius 1 is 1.05 bits per heavy atom. The molecular formula is C33H46N2O7. The van der Waals surface area contributed by atoms with Crippen LogP contribution in [0.15, 0.2) is 27.6 Å². The number of ether oxygens (including phenoxy) is 3. The number of carbonyl (C=O) groups excluding carboxylic acids is 2. The van der Waals surface area contributed by atoms with Gasteiger partial charge in [0.05, 0.1) is 6.26 Å². The second-order valence-electron chi connectivity index (χ2n) is 14.5. The highest BCUT2D eigenvalue weighted by Gasteiger charge is 2.84. The Morgan fingerprint density at radius 3 is 2.60 bits per heavy atom. The number of nitrogens with zero attached hydrogens (tertiary/aromatic N) is 1. The molecule has 10 atom stereocenters. The topological polar surface area (TPSA) is 111 Å². The average molecular weight is 583 g/mol. The van der Waals surface area contributed by atoms with E-state index in [4.69, 9.17) is 18.6 Å². The van der Waals surface area contributed by atoms with Gasteiger partial charge in [-0.3, -0.25) is 4.79 Å². The summed E-state index contributed by atoms with van der Waals surface area (Å²) in [6.45, 7) is 10.0. The highest BCUT2D eigenvalue weighted by Crippen LogP contribution is 2.78. The summed E-state index contributed by atoms with van der Waals surface area (Å²) < 4.78 is 24.0. The molecule has 6 aliphatic rings. The van der Waals surface area contributed by atoms with E-state index in [9.17, 15) is 14.4 Å². The summed E-state index contributed by atoms with van der Waals surface area (Å²) in [4.78, 5) is 39.0. The molecule has 0 aromatic carbocycles. The molecule has 4 saturated carbocycles. The normalized spacial score (nSPS) is 43.8. The molecule has 9 heteroatoms. The molecule has 1 spiro atoms. The van der Waals surface area contributed by atoms with Crippen LogP contribution in [0.5, 0.6) is 0 Å². The van der Waals surface area contributed by atoms with Crippen LogP contribution in [0.2, 0.25) is 0 Å². The van der Waals surface area contributed by atoms with Crippen LogP contribution in [-0.2, 0) is 19.0 Å². The summed E-state index contributed by atoms with van der Waals surface area (Å²) in [5, 5.41) is 2.98. The van der Waals surface area contributed by atoms with Crippen LogP contribution < -0.4 is 10.9 Å². The number of hydrogen-bond acceptors (Lipinski definition) is 8. The maximum absolute atomic E-state index is 12.6. The summed E-state index contributed by atoms with van der Waals surface area (Å²) in [5.74, 6) is 1.02. The monoisotopic (exact) mass is 582 g/mol. The Labute approximate surface area is 248 Å². The molecular weight excluding hydrogens is 536 g/mol. The molecule has 1 aromatic rings. The lowest BCUT2D eigenvalue weighted by Gasteiger charge is -2.61. The summed E-state index contributed by atoms with van der Waals surface area (Å²) >= 11 is 0. The fourth-order valence-corrected chi connectivity index (χ4v) is 10.7. The van der Waals surface area contributed by atoms with Gasteiger partial charge in [0.2, 0.25) is 0 Å². The number of likely N-dealkylation sites (tertiary alicyclic amines) is 1. The van der Waals surface area contributed by atoms with E-state index in [2.05, 4.69) is 24.1 Å². The highest BCUT2D eigenvalue weighted by atomic mass is 16.7. The third kappa shape index (κ3) is 4.35. The summed E-state index contributed by atoms with van der Waals surface area (Å²) in [6.07, 6.45) is 10.3. The number of alkyl carbamates (subject to hydrolysis) is 1. The number of nitrogens with one attached hydrogen (secondary N) is 1. The van der Waals surface area contributed by atoms with Gasteiger partial charge < -0.3 is 28.8 Å². The van der Waals surface area contributed by atoms with E-state index < -0.39 is 6.10 Å². The van der Waals surface area contributed by atoms with Crippen molar-refractivity contribution in [2.75, 3.05) is 26.2 Å². The minimum absolute atomic E-state index is 0.0275. The molecule has 2 saturated heterocycles. The van der Waals surface area contributed by atoms with Crippen molar-refractivity contribution in [1.82, 2.24) is 10.2 Å². The van der Waals surface area contributed by atoms with Gasteiger partial charge in [0, 0.05) is 37.4 Å². The lowest BCUT2D eigenvalue weighted by molar-refractivity contribution is -0.158. The number of esters is 1. The van der Waals surface area contributed by atoms with Gasteiger partial charge in [-0.25, -0.2) is 9.59 Å². The van der Waals surface area contributed by atoms with E-state index in [1.54, 1.807) is 6.26 Å². The Morgan fingerprint density at radius 2 is 1.86 bits per heavy atom. The molecule has 1 aromatic heterocycles. The second kappa shape index (κ2) is 10.4. The van der Waals surface area contributed by atoms with Crippen molar-refractivity contribution >= 4 is 12.1 Å². The van der Waals surface area contributed by atoms with Crippen LogP contribution >= 0.6 is 0 Å². The van der Waals surface area contributed by atoms with Crippen molar-refractivity contribution in [1.29, 1.82) is 0 Å². The van der Waals surface area contributed by atoms with Crippen molar-refractivity contribution in [3.05, 3.63) is 34.4 Å². The molecule has 2 aliphatic heterocycles. The zero-order chi connectivity index (χ0) is 29.3. The van der Waals surface area contributed by atoms with Gasteiger partial charge in [-0.1, -0.05) is 13.8 Å². The van der Waals surface area contributed by atoms with Gasteiger partial charge in [0.1, 0.15) is 23.9 Å². The van der Waals surface area contributed by atoms with Gasteiger partial charge in [-0.15, -0.1) is 0 Å². The average Bonchev–Trinajstić information content (AvgIpc) is 3.39. The smallest absolute Gasteiger partial charge is 0.407 e. The number of fused-ring (bicyclic) bond motifs is 3. The number of epoxide rings is 1. The van der Waals surface area contributed by atoms with E-state index in [0.717, 1.165) is 70.1 Å². The van der Waals surface area contributed by atoms with Crippen LogP contribution in [0.4, 0.5) is 4.79 Å². The van der Waals surface area contributed by atoms with Gasteiger partial charge in [-0.05, 0) is 106 Å². The number of hydrogen-bond donors (Lipinski definition) is 1. The maximum atomic E-state index is 12.6. The van der Waals surface area contributed by atoms with Gasteiger partial charge >= 0.3 is 17.7 Å². The number of rotatable bonds is 6. The van der Waals surface area contributed by atoms with E-state index >= 15 is 0 Å². The van der Waals surface area contributed by atoms with Crippen LogP contribution in [-0.4, -0.2) is 67.1 Å². The molecule has 9 nitrogen and oxygen atoms in total. The van der Waals surface area contributed by atoms with E-state index in [-0.39, 0.29) is 52.2 Å². The summed E-state index contributed by atoms with van der Waals surface area (Å²) in [6, 6.07) is 3.30. The molecule has 0 radical (unpaired) electrons. The lowest BCUT2D eigenvalue weighted by Crippen LogP contribution is -2.58. The summed E-state index contributed by atoms with van der Waals surface area (Å²) in [7, 11) is 0. The van der Waals surface area contributed by atoms with Crippen molar-refractivity contribution < 1.29 is 28.2 Å². The Bertz CT molecular complexity index is 1260. The zero-order valence-corrected chi connectivity index (χ0v) is 25.3. The Balaban J connectivity index is 1.05. The van der Waals surface area contributed by atoms with Crippen molar-refractivity contribution in [2.24, 2.45) is 28.6 Å².